The van der Waals surface area contributed by atoms with Crippen molar-refractivity contribution in [3.63, 3.8) is 0 Å². The molecule has 0 saturated heterocycles. The summed E-state index contributed by atoms with van der Waals surface area (Å²) in [6, 6.07) is 26.8. The molecule has 0 fully saturated rings. The molecule has 0 spiro atoms. The monoisotopic (exact) mass is 904 g/mol. The third kappa shape index (κ3) is 4.61. The summed E-state index contributed by atoms with van der Waals surface area (Å²) in [6.07, 6.45) is 3.73. The molecule has 0 atom stereocenters. The Bertz CT molecular complexity index is 3560. The number of nitrogens with zero attached hydrogens (tertiary/aromatic N) is 4. The number of hydrogen-bond acceptors (Lipinski definition) is 12. The van der Waals surface area contributed by atoms with E-state index in [1.165, 1.54) is 70.0 Å². The molecular formula is C50H24N4O2S6. The van der Waals surface area contributed by atoms with Gasteiger partial charge in [-0.05, 0) is 57.7 Å². The number of rotatable bonds is 2. The number of carbonyl (C=O) groups excluding carboxylic acids is 2. The van der Waals surface area contributed by atoms with Crippen LogP contribution in [0.3, 0.4) is 0 Å². The second-order valence-corrected chi connectivity index (χ2v) is 23.4. The number of carbonyl (C=O) groups is 2. The summed E-state index contributed by atoms with van der Waals surface area (Å²) < 4.78 is 5.08. The Morgan fingerprint density at radius 2 is 0.855 bits per heavy atom. The third-order valence-corrected chi connectivity index (χ3v) is 20.3. The van der Waals surface area contributed by atoms with Crippen LogP contribution in [0.2, 0.25) is 0 Å². The maximum absolute atomic E-state index is 13.7. The Morgan fingerprint density at radius 3 is 1.23 bits per heavy atom. The number of ketones is 2. The van der Waals surface area contributed by atoms with Gasteiger partial charge in [0.25, 0.3) is 0 Å². The number of hydrogen-bond donors (Lipinski definition) is 0. The van der Waals surface area contributed by atoms with E-state index in [4.69, 9.17) is 0 Å². The van der Waals surface area contributed by atoms with Crippen LogP contribution in [0, 0.1) is 45.3 Å². The van der Waals surface area contributed by atoms with Crippen LogP contribution in [0.1, 0.15) is 91.5 Å². The molecule has 0 aliphatic heterocycles. The van der Waals surface area contributed by atoms with Crippen molar-refractivity contribution in [1.29, 1.82) is 21.0 Å². The maximum atomic E-state index is 13.7. The van der Waals surface area contributed by atoms with Gasteiger partial charge in [-0.3, -0.25) is 9.59 Å². The Kier molecular flexibility index (Phi) is 7.63. The fourth-order valence-corrected chi connectivity index (χ4v) is 19.4. The molecule has 0 unspecified atom stereocenters. The Labute approximate surface area is 378 Å². The highest BCUT2D eigenvalue weighted by Gasteiger charge is 2.48. The standard InChI is InChI=1S/C50H24N4O2S6/c1-49(2)35-31-15-23(13-29-33(21(17-51)18-52)25-9-5-7-11-27(25)39(29)55)57-47(31)61-41(35)43-37(49)45-46(59-43)38-44(60-45)42-36(50(38,3)4)32-16-24(58-48(32)62-42)14-30-34(22(19-53)20-54)26-10-6-8-12-28(26)40(30)56/h5-16H,1-4H3. The first-order chi connectivity index (χ1) is 29.9. The topological polar surface area (TPSA) is 129 Å². The minimum Gasteiger partial charge on any atom is -0.289 e. The minimum absolute atomic E-state index is 0.0603. The smallest absolute Gasteiger partial charge is 0.194 e. The molecule has 0 N–H and O–H groups in total. The van der Waals surface area contributed by atoms with Gasteiger partial charge in [-0.1, -0.05) is 76.2 Å². The Morgan fingerprint density at radius 1 is 0.500 bits per heavy atom. The first kappa shape index (κ1) is 37.4. The van der Waals surface area contributed by atoms with E-state index in [0.29, 0.717) is 44.5 Å². The lowest BCUT2D eigenvalue weighted by Gasteiger charge is -2.21. The van der Waals surface area contributed by atoms with Crippen LogP contribution < -0.4 is 0 Å². The van der Waals surface area contributed by atoms with Crippen molar-refractivity contribution < 1.29 is 9.59 Å². The van der Waals surface area contributed by atoms with Crippen LogP contribution in [0.15, 0.2) is 83.0 Å². The molecule has 4 aliphatic carbocycles. The van der Waals surface area contributed by atoms with Crippen molar-refractivity contribution in [2.24, 2.45) is 0 Å². The van der Waals surface area contributed by atoms with Gasteiger partial charge < -0.3 is 0 Å². The van der Waals surface area contributed by atoms with E-state index in [2.05, 4.69) is 39.8 Å². The molecule has 0 radical (unpaired) electrons. The largest absolute Gasteiger partial charge is 0.289 e. The van der Waals surface area contributed by atoms with Gasteiger partial charge in [0, 0.05) is 64.8 Å². The van der Waals surface area contributed by atoms with E-state index in [1.54, 1.807) is 59.1 Å². The normalized spacial score (nSPS) is 17.3. The van der Waals surface area contributed by atoms with Crippen molar-refractivity contribution in [3.05, 3.63) is 137 Å². The van der Waals surface area contributed by atoms with Crippen LogP contribution in [-0.2, 0) is 10.8 Å². The lowest BCUT2D eigenvalue weighted by molar-refractivity contribution is 0.103. The zero-order chi connectivity index (χ0) is 42.7. The molecule has 12 rings (SSSR count). The van der Waals surface area contributed by atoms with Crippen LogP contribution in [-0.4, -0.2) is 11.6 Å². The highest BCUT2D eigenvalue weighted by Crippen LogP contribution is 2.68. The van der Waals surface area contributed by atoms with Crippen molar-refractivity contribution in [2.45, 2.75) is 38.5 Å². The summed E-state index contributed by atoms with van der Waals surface area (Å²) in [5, 5.41) is 41.7. The van der Waals surface area contributed by atoms with E-state index in [0.717, 1.165) is 9.75 Å². The summed E-state index contributed by atoms with van der Waals surface area (Å²) in [7, 11) is 0. The van der Waals surface area contributed by atoms with E-state index < -0.39 is 0 Å². The highest BCUT2D eigenvalue weighted by atomic mass is 32.2. The van der Waals surface area contributed by atoms with Gasteiger partial charge in [0.2, 0.25) is 0 Å². The highest BCUT2D eigenvalue weighted by molar-refractivity contribution is 7.43. The summed E-state index contributed by atoms with van der Waals surface area (Å²) in [5.74, 6) is -0.341. The molecule has 6 heterocycles. The van der Waals surface area contributed by atoms with Crippen molar-refractivity contribution in [1.82, 2.24) is 0 Å². The molecule has 62 heavy (non-hydrogen) atoms. The van der Waals surface area contributed by atoms with Crippen molar-refractivity contribution >= 4 is 131 Å². The molecular weight excluding hydrogens is 881 g/mol. The Hall–Kier alpha value is -6.32. The molecule has 6 aromatic heterocycles. The predicted molar refractivity (Wildman–Crippen MR) is 255 cm³/mol. The fourth-order valence-electron chi connectivity index (χ4n) is 10.1. The number of benzene rings is 2. The average Bonchev–Trinajstić information content (AvgIpc) is 4.13. The second kappa shape index (κ2) is 12.6. The molecule has 0 saturated carbocycles. The van der Waals surface area contributed by atoms with Gasteiger partial charge in [-0.15, -0.1) is 68.0 Å². The number of fused-ring (bicyclic) bond motifs is 15. The second-order valence-electron chi connectivity index (χ2n) is 16.6. The van der Waals surface area contributed by atoms with E-state index >= 15 is 0 Å². The van der Waals surface area contributed by atoms with E-state index in [9.17, 15) is 30.6 Å². The first-order valence-electron chi connectivity index (χ1n) is 19.5. The predicted octanol–water partition coefficient (Wildman–Crippen LogP) is 14.3. The lowest BCUT2D eigenvalue weighted by Crippen LogP contribution is -2.15. The van der Waals surface area contributed by atoms with Crippen LogP contribution in [0.4, 0.5) is 0 Å². The lowest BCUT2D eigenvalue weighted by atomic mass is 9.81. The van der Waals surface area contributed by atoms with Crippen molar-refractivity contribution in [2.75, 3.05) is 0 Å². The first-order valence-corrected chi connectivity index (χ1v) is 24.4. The van der Waals surface area contributed by atoms with Gasteiger partial charge >= 0.3 is 0 Å². The van der Waals surface area contributed by atoms with Crippen LogP contribution in [0.5, 0.6) is 0 Å². The van der Waals surface area contributed by atoms with E-state index in [-0.39, 0.29) is 33.5 Å². The average molecular weight is 905 g/mol. The van der Waals surface area contributed by atoms with Gasteiger partial charge in [0.1, 0.15) is 35.4 Å². The molecule has 0 amide bonds. The van der Waals surface area contributed by atoms with Gasteiger partial charge in [-0.2, -0.15) is 21.0 Å². The molecule has 8 aromatic rings. The number of nitriles is 4. The minimum atomic E-state index is -0.267. The molecule has 2 aromatic carbocycles. The van der Waals surface area contributed by atoms with Gasteiger partial charge in [0.05, 0.1) is 36.9 Å². The number of Topliss-reactive ketones (excluding diaryl/α,β-unsaturated/α-hetero) is 2. The molecule has 12 heteroatoms. The fraction of sp³-hybridized carbons (Fsp3) is 0.120. The zero-order valence-corrected chi connectivity index (χ0v) is 37.9. The quantitative estimate of drug-likeness (QED) is 0.125. The van der Waals surface area contributed by atoms with Crippen molar-refractivity contribution in [3.8, 4) is 43.8 Å². The zero-order valence-electron chi connectivity index (χ0n) is 33.0. The van der Waals surface area contributed by atoms with Gasteiger partial charge in [-0.25, -0.2) is 0 Å². The molecule has 292 valence electrons. The van der Waals surface area contributed by atoms with Crippen LogP contribution >= 0.6 is 68.0 Å². The summed E-state index contributed by atoms with van der Waals surface area (Å²) >= 11 is 10.7. The molecule has 6 nitrogen and oxygen atoms in total. The summed E-state index contributed by atoms with van der Waals surface area (Å²) in [4.78, 5) is 34.5. The number of allylic oxidation sites excluding steroid dienone is 6. The number of thiophene rings is 6. The maximum Gasteiger partial charge on any atom is 0.194 e. The molecule has 0 bridgehead atoms. The Balaban J connectivity index is 0.937. The SMILES string of the molecule is CC1(C)c2c(sc3sc(C=C4C(=O)c5ccccc5C4=C(C#N)C#N)cc23)-c2sc3c4c(sc3c21)-c1sc2sc(C=C3C(=O)c5ccccc5C3=C(C#N)C#N)cc2c1C4(C)C. The van der Waals surface area contributed by atoms with Crippen LogP contribution in [0.25, 0.3) is 71.0 Å². The third-order valence-electron chi connectivity index (χ3n) is 12.7. The summed E-state index contributed by atoms with van der Waals surface area (Å²) in [6.45, 7) is 9.33. The molecule has 4 aliphatic rings. The van der Waals surface area contributed by atoms with Gasteiger partial charge in [0.15, 0.2) is 11.6 Å². The van der Waals surface area contributed by atoms with E-state index in [1.807, 2.05) is 93.9 Å². The summed E-state index contributed by atoms with van der Waals surface area (Å²) in [5.41, 5.74) is 8.62.